The molecule has 2 rings (SSSR count). The van der Waals surface area contributed by atoms with E-state index in [4.69, 9.17) is 4.74 Å². The minimum absolute atomic E-state index is 0.432. The van der Waals surface area contributed by atoms with E-state index in [1.54, 1.807) is 11.7 Å². The average Bonchev–Trinajstić information content (AvgIpc) is 2.66. The summed E-state index contributed by atoms with van der Waals surface area (Å²) >= 11 is 0. The quantitative estimate of drug-likeness (QED) is 0.851. The van der Waals surface area contributed by atoms with Crippen molar-refractivity contribution in [1.82, 2.24) is 9.78 Å². The van der Waals surface area contributed by atoms with E-state index in [0.717, 1.165) is 11.3 Å². The van der Waals surface area contributed by atoms with Gasteiger partial charge in [-0.15, -0.1) is 0 Å². The Labute approximate surface area is 119 Å². The molecule has 0 saturated heterocycles. The molecule has 0 saturated carbocycles. The van der Waals surface area contributed by atoms with Gasteiger partial charge in [0.2, 0.25) is 5.88 Å². The van der Waals surface area contributed by atoms with Gasteiger partial charge in [0.05, 0.1) is 5.69 Å². The predicted molar refractivity (Wildman–Crippen MR) is 78.0 cm³/mol. The topological polar surface area (TPSA) is 50.8 Å². The molecule has 1 aromatic heterocycles. The molecule has 4 nitrogen and oxygen atoms in total. The van der Waals surface area contributed by atoms with Crippen LogP contribution in [0.25, 0.3) is 0 Å². The largest absolute Gasteiger partial charge is 0.438 e. The number of aromatic nitrogens is 2. The number of rotatable bonds is 3. The minimum atomic E-state index is 0.432. The molecule has 0 atom stereocenters. The number of hydrogen-bond acceptors (Lipinski definition) is 3. The summed E-state index contributed by atoms with van der Waals surface area (Å²) in [5.41, 5.74) is 3.42. The maximum atomic E-state index is 9.22. The molecule has 0 unspecified atom stereocenters. The first-order chi connectivity index (χ1) is 9.43. The van der Waals surface area contributed by atoms with Gasteiger partial charge in [-0.2, -0.15) is 10.4 Å². The Hall–Kier alpha value is -2.28. The van der Waals surface area contributed by atoms with Gasteiger partial charge in [0.15, 0.2) is 0 Å². The Morgan fingerprint density at radius 3 is 2.60 bits per heavy atom. The van der Waals surface area contributed by atoms with E-state index in [-0.39, 0.29) is 0 Å². The molecule has 1 aromatic carbocycles. The number of nitrogens with zero attached hydrogens (tertiary/aromatic N) is 3. The monoisotopic (exact) mass is 269 g/mol. The molecule has 0 spiro atoms. The fraction of sp³-hybridized carbons (Fsp3) is 0.375. The molecule has 20 heavy (non-hydrogen) atoms. The number of benzene rings is 1. The zero-order valence-corrected chi connectivity index (χ0v) is 12.6. The lowest BCUT2D eigenvalue weighted by Crippen LogP contribution is -1.98. The van der Waals surface area contributed by atoms with E-state index in [0.29, 0.717) is 23.1 Å². The van der Waals surface area contributed by atoms with Crippen LogP contribution in [0.2, 0.25) is 0 Å². The van der Waals surface area contributed by atoms with Crippen molar-refractivity contribution in [1.29, 1.82) is 5.26 Å². The summed E-state index contributed by atoms with van der Waals surface area (Å²) in [5.74, 6) is 1.70. The van der Waals surface area contributed by atoms with Crippen molar-refractivity contribution in [2.75, 3.05) is 0 Å². The molecular weight excluding hydrogens is 250 g/mol. The maximum absolute atomic E-state index is 9.22. The third-order valence-electron chi connectivity index (χ3n) is 3.37. The third kappa shape index (κ3) is 2.53. The second-order valence-electron chi connectivity index (χ2n) is 5.28. The Morgan fingerprint density at radius 2 is 2.00 bits per heavy atom. The predicted octanol–water partition coefficient (Wildman–Crippen LogP) is 3.82. The summed E-state index contributed by atoms with van der Waals surface area (Å²) < 4.78 is 7.56. The molecule has 0 fully saturated rings. The van der Waals surface area contributed by atoms with Crippen molar-refractivity contribution in [2.45, 2.75) is 33.6 Å². The van der Waals surface area contributed by atoms with Crippen molar-refractivity contribution in [3.63, 3.8) is 0 Å². The van der Waals surface area contributed by atoms with E-state index >= 15 is 0 Å². The van der Waals surface area contributed by atoms with E-state index in [9.17, 15) is 5.26 Å². The van der Waals surface area contributed by atoms with Gasteiger partial charge in [-0.3, -0.25) is 0 Å². The maximum Gasteiger partial charge on any atom is 0.235 e. The first-order valence-electron chi connectivity index (χ1n) is 6.66. The van der Waals surface area contributed by atoms with Crippen LogP contribution in [0.5, 0.6) is 11.6 Å². The molecule has 1 heterocycles. The summed E-state index contributed by atoms with van der Waals surface area (Å²) in [4.78, 5) is 0. The lowest BCUT2D eigenvalue weighted by atomic mass is 10.0. The normalized spacial score (nSPS) is 10.7. The van der Waals surface area contributed by atoms with Gasteiger partial charge in [0, 0.05) is 7.05 Å². The number of aryl methyl sites for hydroxylation is 3. The molecule has 0 aliphatic rings. The molecule has 4 heteroatoms. The van der Waals surface area contributed by atoms with Gasteiger partial charge in [-0.25, -0.2) is 4.68 Å². The van der Waals surface area contributed by atoms with Crippen LogP contribution in [-0.4, -0.2) is 9.78 Å². The molecule has 0 aliphatic carbocycles. The molecular formula is C16H19N3O. The molecule has 0 radical (unpaired) electrons. The average molecular weight is 269 g/mol. The third-order valence-corrected chi connectivity index (χ3v) is 3.37. The fourth-order valence-electron chi connectivity index (χ4n) is 2.07. The lowest BCUT2D eigenvalue weighted by Gasteiger charge is -2.12. The second kappa shape index (κ2) is 5.38. The van der Waals surface area contributed by atoms with Crippen molar-refractivity contribution < 1.29 is 4.74 Å². The molecule has 0 amide bonds. The highest BCUT2D eigenvalue weighted by Crippen LogP contribution is 2.31. The van der Waals surface area contributed by atoms with Gasteiger partial charge < -0.3 is 4.74 Å². The first-order valence-corrected chi connectivity index (χ1v) is 6.66. The number of ether oxygens (including phenoxy) is 1. The fourth-order valence-corrected chi connectivity index (χ4v) is 2.07. The molecule has 0 aliphatic heterocycles. The molecule has 104 valence electrons. The van der Waals surface area contributed by atoms with Gasteiger partial charge in [0.1, 0.15) is 17.4 Å². The molecule has 0 bridgehead atoms. The van der Waals surface area contributed by atoms with Crippen LogP contribution in [0.4, 0.5) is 0 Å². The Bertz CT molecular complexity index is 678. The second-order valence-corrected chi connectivity index (χ2v) is 5.28. The minimum Gasteiger partial charge on any atom is -0.438 e. The van der Waals surface area contributed by atoms with Gasteiger partial charge in [0.25, 0.3) is 0 Å². The van der Waals surface area contributed by atoms with Crippen molar-refractivity contribution in [3.8, 4) is 17.7 Å². The highest BCUT2D eigenvalue weighted by atomic mass is 16.5. The van der Waals surface area contributed by atoms with Gasteiger partial charge >= 0.3 is 0 Å². The number of nitriles is 1. The SMILES string of the molecule is Cc1ccc(C(C)C)cc1Oc1c(C#N)c(C)nn1C. The van der Waals surface area contributed by atoms with Crippen LogP contribution < -0.4 is 4.74 Å². The Kier molecular flexibility index (Phi) is 3.80. The summed E-state index contributed by atoms with van der Waals surface area (Å²) in [6, 6.07) is 8.33. The highest BCUT2D eigenvalue weighted by Gasteiger charge is 2.16. The van der Waals surface area contributed by atoms with Crippen LogP contribution in [-0.2, 0) is 7.05 Å². The van der Waals surface area contributed by atoms with Crippen LogP contribution in [0.15, 0.2) is 18.2 Å². The Morgan fingerprint density at radius 1 is 1.30 bits per heavy atom. The first kappa shape index (κ1) is 14.1. The van der Waals surface area contributed by atoms with Crippen LogP contribution in [0.3, 0.4) is 0 Å². The van der Waals surface area contributed by atoms with E-state index in [1.807, 2.05) is 26.0 Å². The highest BCUT2D eigenvalue weighted by molar-refractivity contribution is 5.46. The summed E-state index contributed by atoms with van der Waals surface area (Å²) in [7, 11) is 1.78. The summed E-state index contributed by atoms with van der Waals surface area (Å²) in [6.45, 7) is 8.09. The van der Waals surface area contributed by atoms with E-state index < -0.39 is 0 Å². The molecule has 0 N–H and O–H groups in total. The zero-order valence-electron chi connectivity index (χ0n) is 12.6. The van der Waals surface area contributed by atoms with E-state index in [2.05, 4.69) is 31.1 Å². The summed E-state index contributed by atoms with van der Waals surface area (Å²) in [6.07, 6.45) is 0. The van der Waals surface area contributed by atoms with Crippen LogP contribution >= 0.6 is 0 Å². The van der Waals surface area contributed by atoms with E-state index in [1.165, 1.54) is 5.56 Å². The van der Waals surface area contributed by atoms with Crippen LogP contribution in [0, 0.1) is 25.2 Å². The Balaban J connectivity index is 2.45. The molecule has 2 aromatic rings. The smallest absolute Gasteiger partial charge is 0.235 e. The van der Waals surface area contributed by atoms with Crippen molar-refractivity contribution >= 4 is 0 Å². The van der Waals surface area contributed by atoms with Crippen molar-refractivity contribution in [2.24, 2.45) is 7.05 Å². The summed E-state index contributed by atoms with van der Waals surface area (Å²) in [5, 5.41) is 13.5. The van der Waals surface area contributed by atoms with Crippen LogP contribution in [0.1, 0.15) is 42.1 Å². The van der Waals surface area contributed by atoms with Gasteiger partial charge in [-0.05, 0) is 37.0 Å². The number of hydrogen-bond donors (Lipinski definition) is 0. The van der Waals surface area contributed by atoms with Crippen molar-refractivity contribution in [3.05, 3.63) is 40.6 Å². The standard InChI is InChI=1S/C16H19N3O/c1-10(2)13-7-6-11(3)15(8-13)20-16-14(9-17)12(4)18-19(16)5/h6-8,10H,1-5H3. The lowest BCUT2D eigenvalue weighted by molar-refractivity contribution is 0.426. The zero-order chi connectivity index (χ0) is 14.9. The van der Waals surface area contributed by atoms with Gasteiger partial charge in [-0.1, -0.05) is 26.0 Å².